The highest BCUT2D eigenvalue weighted by Gasteiger charge is 2.36. The van der Waals surface area contributed by atoms with Crippen molar-refractivity contribution < 1.29 is 13.2 Å². The van der Waals surface area contributed by atoms with Crippen LogP contribution in [0.15, 0.2) is 18.2 Å². The van der Waals surface area contributed by atoms with Gasteiger partial charge in [-0.3, -0.25) is 0 Å². The SMILES string of the molecule is Fc1ccc(C(F)(F)CC2CCNC2)cc1Cl. The first kappa shape index (κ1) is 12.7. The van der Waals surface area contributed by atoms with Gasteiger partial charge in [0.25, 0.3) is 5.92 Å². The molecule has 94 valence electrons. The fraction of sp³-hybridized carbons (Fsp3) is 0.500. The second-order valence-electron chi connectivity index (χ2n) is 4.40. The number of nitrogens with one attached hydrogen (secondary N) is 1. The summed E-state index contributed by atoms with van der Waals surface area (Å²) in [7, 11) is 0. The molecule has 1 N–H and O–H groups in total. The molecule has 1 unspecified atom stereocenters. The molecule has 1 aliphatic heterocycles. The molecule has 1 heterocycles. The summed E-state index contributed by atoms with van der Waals surface area (Å²) in [6.07, 6.45) is 0.534. The van der Waals surface area contributed by atoms with Crippen LogP contribution < -0.4 is 5.32 Å². The van der Waals surface area contributed by atoms with E-state index < -0.39 is 11.7 Å². The summed E-state index contributed by atoms with van der Waals surface area (Å²) >= 11 is 5.52. The van der Waals surface area contributed by atoms with E-state index in [1.54, 1.807) is 0 Å². The van der Waals surface area contributed by atoms with E-state index in [1.165, 1.54) is 0 Å². The second kappa shape index (κ2) is 4.86. The van der Waals surface area contributed by atoms with Crippen molar-refractivity contribution in [3.05, 3.63) is 34.6 Å². The Bertz CT molecular complexity index is 403. The van der Waals surface area contributed by atoms with Gasteiger partial charge in [0.05, 0.1) is 5.02 Å². The predicted octanol–water partition coefficient (Wildman–Crippen LogP) is 3.57. The zero-order valence-electron chi connectivity index (χ0n) is 9.15. The lowest BCUT2D eigenvalue weighted by Crippen LogP contribution is -2.20. The van der Waals surface area contributed by atoms with E-state index in [0.29, 0.717) is 6.54 Å². The minimum atomic E-state index is -2.95. The molecule has 1 atom stereocenters. The molecular formula is C12H13ClF3N. The summed E-state index contributed by atoms with van der Waals surface area (Å²) in [6.45, 7) is 1.40. The zero-order valence-corrected chi connectivity index (χ0v) is 9.91. The number of halogens is 4. The van der Waals surface area contributed by atoms with Gasteiger partial charge in [0.1, 0.15) is 5.82 Å². The molecule has 1 saturated heterocycles. The Morgan fingerprint density at radius 2 is 2.18 bits per heavy atom. The van der Waals surface area contributed by atoms with Crippen LogP contribution in [0.1, 0.15) is 18.4 Å². The molecule has 0 radical (unpaired) electrons. The summed E-state index contributed by atoms with van der Waals surface area (Å²) in [5.41, 5.74) is -0.212. The highest BCUT2D eigenvalue weighted by atomic mass is 35.5. The molecule has 5 heteroatoms. The highest BCUT2D eigenvalue weighted by Crippen LogP contribution is 2.37. The van der Waals surface area contributed by atoms with Crippen LogP contribution in [0.3, 0.4) is 0 Å². The zero-order chi connectivity index (χ0) is 12.5. The first-order valence-corrected chi connectivity index (χ1v) is 5.91. The summed E-state index contributed by atoms with van der Waals surface area (Å²) in [5, 5.41) is 2.79. The van der Waals surface area contributed by atoms with E-state index in [9.17, 15) is 13.2 Å². The minimum absolute atomic E-state index is 0.0335. The van der Waals surface area contributed by atoms with Crippen molar-refractivity contribution in [1.29, 1.82) is 0 Å². The molecule has 1 aromatic carbocycles. The standard InChI is InChI=1S/C12H13ClF3N/c13-10-5-9(1-2-11(10)14)12(15,16)6-8-3-4-17-7-8/h1-2,5,8,17H,3-4,6-7H2. The average Bonchev–Trinajstić information content (AvgIpc) is 2.73. The lowest BCUT2D eigenvalue weighted by Gasteiger charge is -2.20. The van der Waals surface area contributed by atoms with Crippen molar-refractivity contribution in [3.63, 3.8) is 0 Å². The van der Waals surface area contributed by atoms with Crippen LogP contribution in [0.5, 0.6) is 0 Å². The molecule has 0 spiro atoms. The van der Waals surface area contributed by atoms with Gasteiger partial charge >= 0.3 is 0 Å². The summed E-state index contributed by atoms with van der Waals surface area (Å²) < 4.78 is 40.7. The fourth-order valence-corrected chi connectivity index (χ4v) is 2.27. The van der Waals surface area contributed by atoms with Crippen LogP contribution in [0.4, 0.5) is 13.2 Å². The van der Waals surface area contributed by atoms with E-state index in [1.807, 2.05) is 0 Å². The quantitative estimate of drug-likeness (QED) is 0.879. The molecule has 1 aromatic rings. The van der Waals surface area contributed by atoms with E-state index >= 15 is 0 Å². The van der Waals surface area contributed by atoms with Crippen molar-refractivity contribution in [2.45, 2.75) is 18.8 Å². The maximum absolute atomic E-state index is 13.9. The van der Waals surface area contributed by atoms with Gasteiger partial charge in [-0.2, -0.15) is 0 Å². The van der Waals surface area contributed by atoms with Gasteiger partial charge in [0.15, 0.2) is 0 Å². The Morgan fingerprint density at radius 1 is 1.41 bits per heavy atom. The molecule has 2 rings (SSSR count). The third-order valence-electron chi connectivity index (χ3n) is 3.05. The van der Waals surface area contributed by atoms with Gasteiger partial charge < -0.3 is 5.32 Å². The summed E-state index contributed by atoms with van der Waals surface area (Å²) in [6, 6.07) is 3.10. The van der Waals surface area contributed by atoms with Crippen molar-refractivity contribution in [2.24, 2.45) is 5.92 Å². The Labute approximate surface area is 103 Å². The van der Waals surface area contributed by atoms with Crippen molar-refractivity contribution in [3.8, 4) is 0 Å². The van der Waals surface area contributed by atoms with Gasteiger partial charge in [0.2, 0.25) is 0 Å². The Hall–Kier alpha value is -0.740. The predicted molar refractivity (Wildman–Crippen MR) is 60.9 cm³/mol. The molecular weight excluding hydrogens is 251 g/mol. The molecule has 1 nitrogen and oxygen atoms in total. The lowest BCUT2D eigenvalue weighted by molar-refractivity contribution is -0.0268. The highest BCUT2D eigenvalue weighted by molar-refractivity contribution is 6.30. The minimum Gasteiger partial charge on any atom is -0.316 e. The Morgan fingerprint density at radius 3 is 2.76 bits per heavy atom. The lowest BCUT2D eigenvalue weighted by atomic mass is 9.95. The molecule has 0 saturated carbocycles. The van der Waals surface area contributed by atoms with Crippen LogP contribution in [-0.4, -0.2) is 13.1 Å². The van der Waals surface area contributed by atoms with Crippen LogP contribution in [0, 0.1) is 11.7 Å². The smallest absolute Gasteiger partial charge is 0.273 e. The number of hydrogen-bond donors (Lipinski definition) is 1. The van der Waals surface area contributed by atoms with Crippen molar-refractivity contribution >= 4 is 11.6 Å². The normalized spacial score (nSPS) is 20.8. The largest absolute Gasteiger partial charge is 0.316 e. The molecule has 0 aliphatic carbocycles. The van der Waals surface area contributed by atoms with E-state index in [4.69, 9.17) is 11.6 Å². The third kappa shape index (κ3) is 2.93. The van der Waals surface area contributed by atoms with E-state index in [-0.39, 0.29) is 22.9 Å². The fourth-order valence-electron chi connectivity index (χ4n) is 2.09. The summed E-state index contributed by atoms with van der Waals surface area (Å²) in [4.78, 5) is 0. The van der Waals surface area contributed by atoms with Crippen molar-refractivity contribution in [2.75, 3.05) is 13.1 Å². The molecule has 0 bridgehead atoms. The third-order valence-corrected chi connectivity index (χ3v) is 3.34. The Balaban J connectivity index is 2.14. The number of benzene rings is 1. The van der Waals surface area contributed by atoms with Gasteiger partial charge in [-0.25, -0.2) is 13.2 Å². The van der Waals surface area contributed by atoms with Crippen LogP contribution in [0.2, 0.25) is 5.02 Å². The summed E-state index contributed by atoms with van der Waals surface area (Å²) in [5.74, 6) is -3.66. The number of hydrogen-bond acceptors (Lipinski definition) is 1. The average molecular weight is 264 g/mol. The molecule has 0 aromatic heterocycles. The van der Waals surface area contributed by atoms with E-state index in [2.05, 4.69) is 5.32 Å². The second-order valence-corrected chi connectivity index (χ2v) is 4.80. The molecule has 1 fully saturated rings. The molecule has 17 heavy (non-hydrogen) atoms. The first-order valence-electron chi connectivity index (χ1n) is 5.53. The maximum Gasteiger partial charge on any atom is 0.273 e. The monoisotopic (exact) mass is 263 g/mol. The van der Waals surface area contributed by atoms with Crippen LogP contribution in [-0.2, 0) is 5.92 Å². The topological polar surface area (TPSA) is 12.0 Å². The number of alkyl halides is 2. The first-order chi connectivity index (χ1) is 7.99. The molecule has 1 aliphatic rings. The maximum atomic E-state index is 13.9. The van der Waals surface area contributed by atoms with Gasteiger partial charge in [-0.15, -0.1) is 0 Å². The van der Waals surface area contributed by atoms with Gasteiger partial charge in [-0.1, -0.05) is 17.7 Å². The van der Waals surface area contributed by atoms with E-state index in [0.717, 1.165) is 31.2 Å². The van der Waals surface area contributed by atoms with Gasteiger partial charge in [0, 0.05) is 12.0 Å². The van der Waals surface area contributed by atoms with Gasteiger partial charge in [-0.05, 0) is 37.6 Å². The Kier molecular flexibility index (Phi) is 3.64. The van der Waals surface area contributed by atoms with Crippen molar-refractivity contribution in [1.82, 2.24) is 5.32 Å². The van der Waals surface area contributed by atoms with Crippen LogP contribution in [0.25, 0.3) is 0 Å². The van der Waals surface area contributed by atoms with Crippen LogP contribution >= 0.6 is 11.6 Å². The molecule has 0 amide bonds. The number of rotatable bonds is 3.